The molecule has 0 radical (unpaired) electrons. The monoisotopic (exact) mass is 525 g/mol. The lowest BCUT2D eigenvalue weighted by Gasteiger charge is -2.17. The van der Waals surface area contributed by atoms with Gasteiger partial charge in [-0.3, -0.25) is 0 Å². The van der Waals surface area contributed by atoms with Crippen molar-refractivity contribution < 1.29 is 9.47 Å². The van der Waals surface area contributed by atoms with Crippen LogP contribution >= 0.6 is 11.6 Å². The summed E-state index contributed by atoms with van der Waals surface area (Å²) in [6.07, 6.45) is 3.54. The Hall–Kier alpha value is -3.13. The van der Waals surface area contributed by atoms with Crippen LogP contribution in [0.3, 0.4) is 0 Å². The van der Waals surface area contributed by atoms with E-state index in [9.17, 15) is 5.26 Å². The summed E-state index contributed by atoms with van der Waals surface area (Å²) in [5.74, 6) is 0.771. The van der Waals surface area contributed by atoms with Gasteiger partial charge in [0.1, 0.15) is 12.3 Å². The first-order valence-corrected chi connectivity index (χ1v) is 16.0. The van der Waals surface area contributed by atoms with Gasteiger partial charge >= 0.3 is 0 Å². The first-order valence-electron chi connectivity index (χ1n) is 12.0. The Labute approximate surface area is 217 Å². The molecule has 190 valence electrons. The Bertz CT molecular complexity index is 1430. The molecule has 0 aliphatic carbocycles. The highest BCUT2D eigenvalue weighted by Crippen LogP contribution is 2.34. The second kappa shape index (κ2) is 10.1. The molecule has 0 aliphatic heterocycles. The SMILES string of the molecule is CCOc1nc(Nc2cccc3c2cnn3C(C)(C)C#N)nc2c1c(Cl)cn2COCC[Si](C)(C)C. The quantitative estimate of drug-likeness (QED) is 0.196. The maximum atomic E-state index is 9.57. The van der Waals surface area contributed by atoms with Crippen LogP contribution in [0.2, 0.25) is 30.7 Å². The number of benzene rings is 1. The number of ether oxygens (including phenoxy) is 2. The zero-order valence-corrected chi connectivity index (χ0v) is 23.3. The topological polar surface area (TPSA) is 103 Å². The fourth-order valence-corrected chi connectivity index (χ4v) is 4.86. The molecule has 11 heteroatoms. The molecule has 9 nitrogen and oxygen atoms in total. The van der Waals surface area contributed by atoms with Crippen molar-refractivity contribution in [2.45, 2.75) is 58.7 Å². The van der Waals surface area contributed by atoms with Crippen LogP contribution in [0.15, 0.2) is 30.6 Å². The summed E-state index contributed by atoms with van der Waals surface area (Å²) in [6, 6.07) is 9.14. The molecule has 3 aromatic heterocycles. The molecule has 0 atom stereocenters. The average Bonchev–Trinajstić information content (AvgIpc) is 3.39. The molecule has 0 spiro atoms. The molecule has 1 aromatic carbocycles. The lowest BCUT2D eigenvalue weighted by Crippen LogP contribution is -2.24. The molecule has 4 rings (SSSR count). The molecule has 0 saturated carbocycles. The Morgan fingerprint density at radius 2 is 2.00 bits per heavy atom. The van der Waals surface area contributed by atoms with Crippen LogP contribution in [0, 0.1) is 11.3 Å². The van der Waals surface area contributed by atoms with E-state index in [1.165, 1.54) is 0 Å². The zero-order chi connectivity index (χ0) is 26.1. The fourth-order valence-electron chi connectivity index (χ4n) is 3.82. The number of nitrogens with zero attached hydrogens (tertiary/aromatic N) is 6. The molecule has 1 N–H and O–H groups in total. The number of hydrogen-bond donors (Lipinski definition) is 1. The van der Waals surface area contributed by atoms with Gasteiger partial charge in [-0.2, -0.15) is 20.3 Å². The van der Waals surface area contributed by atoms with E-state index < -0.39 is 13.6 Å². The zero-order valence-electron chi connectivity index (χ0n) is 21.6. The smallest absolute Gasteiger partial charge is 0.232 e. The highest BCUT2D eigenvalue weighted by atomic mass is 35.5. The number of aromatic nitrogens is 5. The van der Waals surface area contributed by atoms with Crippen molar-refractivity contribution in [1.29, 1.82) is 5.26 Å². The summed E-state index contributed by atoms with van der Waals surface area (Å²) in [7, 11) is -1.19. The maximum Gasteiger partial charge on any atom is 0.232 e. The van der Waals surface area contributed by atoms with Crippen LogP contribution in [0.5, 0.6) is 5.88 Å². The number of hydrogen-bond acceptors (Lipinski definition) is 7. The predicted octanol–water partition coefficient (Wildman–Crippen LogP) is 6.15. The summed E-state index contributed by atoms with van der Waals surface area (Å²) >= 11 is 6.57. The summed E-state index contributed by atoms with van der Waals surface area (Å²) in [5, 5.41) is 19.4. The first-order chi connectivity index (χ1) is 17.0. The number of nitriles is 1. The van der Waals surface area contributed by atoms with E-state index in [0.29, 0.717) is 47.8 Å². The van der Waals surface area contributed by atoms with Crippen LogP contribution in [0.25, 0.3) is 21.9 Å². The van der Waals surface area contributed by atoms with Crippen LogP contribution in [0.1, 0.15) is 20.8 Å². The van der Waals surface area contributed by atoms with Crippen molar-refractivity contribution >= 4 is 53.2 Å². The fraction of sp³-hybridized carbons (Fsp3) is 0.440. The summed E-state index contributed by atoms with van der Waals surface area (Å²) in [6.45, 7) is 14.0. The molecule has 36 heavy (non-hydrogen) atoms. The van der Waals surface area contributed by atoms with Crippen LogP contribution < -0.4 is 10.1 Å². The van der Waals surface area contributed by atoms with Crippen LogP contribution in [-0.2, 0) is 17.0 Å². The Kier molecular flexibility index (Phi) is 7.27. The van der Waals surface area contributed by atoms with Gasteiger partial charge in [-0.15, -0.1) is 0 Å². The molecule has 0 saturated heterocycles. The van der Waals surface area contributed by atoms with E-state index in [-0.39, 0.29) is 0 Å². The van der Waals surface area contributed by atoms with Crippen molar-refractivity contribution in [3.8, 4) is 11.9 Å². The molecule has 3 heterocycles. The molecule has 0 fully saturated rings. The van der Waals surface area contributed by atoms with Gasteiger partial charge in [0.25, 0.3) is 0 Å². The number of halogens is 1. The van der Waals surface area contributed by atoms with Gasteiger partial charge < -0.3 is 19.4 Å². The first kappa shape index (κ1) is 25.9. The predicted molar refractivity (Wildman–Crippen MR) is 146 cm³/mol. The molecular formula is C25H32ClN7O2Si. The lowest BCUT2D eigenvalue weighted by atomic mass is 10.1. The Morgan fingerprint density at radius 3 is 2.69 bits per heavy atom. The van der Waals surface area contributed by atoms with Crippen molar-refractivity contribution in [3.63, 3.8) is 0 Å². The third kappa shape index (κ3) is 5.33. The molecule has 0 aliphatic rings. The van der Waals surface area contributed by atoms with Gasteiger partial charge in [0.2, 0.25) is 11.8 Å². The molecule has 0 bridgehead atoms. The van der Waals surface area contributed by atoms with Crippen LogP contribution in [0.4, 0.5) is 11.6 Å². The van der Waals surface area contributed by atoms with Gasteiger partial charge in [0.15, 0.2) is 5.65 Å². The van der Waals surface area contributed by atoms with E-state index in [2.05, 4.69) is 41.1 Å². The largest absolute Gasteiger partial charge is 0.477 e. The van der Waals surface area contributed by atoms with Crippen molar-refractivity contribution in [3.05, 3.63) is 35.6 Å². The minimum absolute atomic E-state index is 0.335. The third-order valence-corrected chi connectivity index (χ3v) is 7.80. The average molecular weight is 526 g/mol. The van der Waals surface area contributed by atoms with Gasteiger partial charge in [-0.05, 0) is 38.9 Å². The summed E-state index contributed by atoms with van der Waals surface area (Å²) in [4.78, 5) is 9.38. The van der Waals surface area contributed by atoms with E-state index in [1.54, 1.807) is 17.1 Å². The highest BCUT2D eigenvalue weighted by molar-refractivity contribution is 6.76. The van der Waals surface area contributed by atoms with E-state index in [0.717, 1.165) is 22.6 Å². The molecule has 4 aromatic rings. The number of anilines is 2. The number of rotatable bonds is 10. The van der Waals surface area contributed by atoms with E-state index in [4.69, 9.17) is 26.1 Å². The van der Waals surface area contributed by atoms with E-state index in [1.807, 2.05) is 43.5 Å². The summed E-state index contributed by atoms with van der Waals surface area (Å²) in [5.41, 5.74) is 1.44. The minimum Gasteiger partial charge on any atom is -0.477 e. The lowest BCUT2D eigenvalue weighted by molar-refractivity contribution is 0.0899. The standard InChI is InChI=1S/C25H32ClN7O2Si/c1-7-35-23-21-18(26)14-32(16-34-11-12-36(4,5)6)22(21)30-24(31-23)29-19-9-8-10-20-17(19)13-28-33(20)25(2,3)15-27/h8-10,13-14H,7,11-12,16H2,1-6H3,(H,29,30,31). The highest BCUT2D eigenvalue weighted by Gasteiger charge is 2.24. The molecule has 0 unspecified atom stereocenters. The van der Waals surface area contributed by atoms with Gasteiger partial charge in [-0.1, -0.05) is 37.3 Å². The van der Waals surface area contributed by atoms with Gasteiger partial charge in [-0.25, -0.2) is 4.68 Å². The van der Waals surface area contributed by atoms with Gasteiger partial charge in [0, 0.05) is 26.3 Å². The second-order valence-corrected chi connectivity index (χ2v) is 16.4. The maximum absolute atomic E-state index is 9.57. The normalized spacial score (nSPS) is 12.3. The number of fused-ring (bicyclic) bond motifs is 2. The van der Waals surface area contributed by atoms with E-state index >= 15 is 0 Å². The Morgan fingerprint density at radius 1 is 1.22 bits per heavy atom. The summed E-state index contributed by atoms with van der Waals surface area (Å²) < 4.78 is 15.4. The number of nitrogens with one attached hydrogen (secondary N) is 1. The minimum atomic E-state index is -1.19. The van der Waals surface area contributed by atoms with Crippen molar-refractivity contribution in [2.75, 3.05) is 18.5 Å². The molecule has 0 amide bonds. The van der Waals surface area contributed by atoms with Gasteiger partial charge in [0.05, 0.1) is 40.5 Å². The van der Waals surface area contributed by atoms with Crippen molar-refractivity contribution in [1.82, 2.24) is 24.3 Å². The van der Waals surface area contributed by atoms with Crippen LogP contribution in [-0.4, -0.2) is 45.6 Å². The van der Waals surface area contributed by atoms with Crippen molar-refractivity contribution in [2.24, 2.45) is 0 Å². The molecular weight excluding hydrogens is 494 g/mol. The third-order valence-electron chi connectivity index (χ3n) is 5.81. The Balaban J connectivity index is 1.70. The second-order valence-electron chi connectivity index (χ2n) is 10.4.